The van der Waals surface area contributed by atoms with Crippen molar-refractivity contribution >= 4 is 26.9 Å². The first-order valence-electron chi connectivity index (χ1n) is 7.34. The van der Waals surface area contributed by atoms with Gasteiger partial charge in [0.05, 0.1) is 5.39 Å². The number of halogens is 1. The van der Waals surface area contributed by atoms with E-state index < -0.39 is 27.9 Å². The summed E-state index contributed by atoms with van der Waals surface area (Å²) in [5.74, 6) is -2.13. The van der Waals surface area contributed by atoms with Crippen molar-refractivity contribution in [1.82, 2.24) is 9.29 Å². The summed E-state index contributed by atoms with van der Waals surface area (Å²) in [6, 6.07) is 3.10. The van der Waals surface area contributed by atoms with Gasteiger partial charge in [0.25, 0.3) is 0 Å². The third kappa shape index (κ3) is 2.51. The predicted molar refractivity (Wildman–Crippen MR) is 82.0 cm³/mol. The first-order chi connectivity index (χ1) is 10.8. The van der Waals surface area contributed by atoms with Crippen LogP contribution in [0.1, 0.15) is 19.8 Å². The van der Waals surface area contributed by atoms with Crippen molar-refractivity contribution in [2.24, 2.45) is 5.92 Å². The van der Waals surface area contributed by atoms with Crippen molar-refractivity contribution in [2.45, 2.75) is 30.7 Å². The average Bonchev–Trinajstić information content (AvgIpc) is 2.92. The number of nitrogens with zero attached hydrogens (tertiary/aromatic N) is 1. The third-order valence-corrected chi connectivity index (χ3v) is 6.25. The van der Waals surface area contributed by atoms with Crippen molar-refractivity contribution in [2.75, 3.05) is 6.54 Å². The number of carbonyl (C=O) groups is 1. The number of fused-ring (bicyclic) bond motifs is 1. The third-order valence-electron chi connectivity index (χ3n) is 4.35. The zero-order valence-electron chi connectivity index (χ0n) is 12.5. The van der Waals surface area contributed by atoms with E-state index in [0.29, 0.717) is 18.4 Å². The number of nitrogens with one attached hydrogen (secondary N) is 1. The molecule has 23 heavy (non-hydrogen) atoms. The fraction of sp³-hybridized carbons (Fsp3) is 0.400. The van der Waals surface area contributed by atoms with Gasteiger partial charge in [0.1, 0.15) is 16.8 Å². The number of rotatable bonds is 3. The standard InChI is InChI=1S/C15H17FN2O4S/c1-9-4-3-7-18(14(9)15(19)20)23(21,22)12-8-17-11-6-2-5-10(16)13(11)12/h2,5-6,8-9,14,17H,3-4,7H2,1H3,(H,19,20). The van der Waals surface area contributed by atoms with E-state index in [-0.39, 0.29) is 22.7 Å². The van der Waals surface area contributed by atoms with Crippen LogP contribution in [0.3, 0.4) is 0 Å². The molecular formula is C15H17FN2O4S. The van der Waals surface area contributed by atoms with E-state index in [1.54, 1.807) is 13.0 Å². The molecule has 1 aliphatic rings. The van der Waals surface area contributed by atoms with Crippen LogP contribution in [0, 0.1) is 11.7 Å². The maximum Gasteiger partial charge on any atom is 0.322 e. The molecule has 2 atom stereocenters. The molecule has 1 saturated heterocycles. The van der Waals surface area contributed by atoms with Gasteiger partial charge >= 0.3 is 5.97 Å². The molecule has 3 rings (SSSR count). The van der Waals surface area contributed by atoms with Gasteiger partial charge in [0, 0.05) is 18.3 Å². The molecule has 1 aromatic heterocycles. The van der Waals surface area contributed by atoms with Crippen molar-refractivity contribution in [3.63, 3.8) is 0 Å². The van der Waals surface area contributed by atoms with Crippen LogP contribution >= 0.6 is 0 Å². The number of carboxylic acid groups (broad SMARTS) is 1. The minimum absolute atomic E-state index is 0.0325. The first kappa shape index (κ1) is 15.9. The molecule has 0 aliphatic carbocycles. The molecular weight excluding hydrogens is 323 g/mol. The fourth-order valence-corrected chi connectivity index (χ4v) is 5.12. The average molecular weight is 340 g/mol. The van der Waals surface area contributed by atoms with Crippen molar-refractivity contribution in [3.8, 4) is 0 Å². The number of hydrogen-bond donors (Lipinski definition) is 2. The number of hydrogen-bond acceptors (Lipinski definition) is 3. The summed E-state index contributed by atoms with van der Waals surface area (Å²) in [6.07, 6.45) is 2.45. The van der Waals surface area contributed by atoms with Gasteiger partial charge in [0.2, 0.25) is 10.0 Å². The second kappa shape index (κ2) is 5.61. The van der Waals surface area contributed by atoms with Crippen LogP contribution < -0.4 is 0 Å². The lowest BCUT2D eigenvalue weighted by molar-refractivity contribution is -0.144. The molecule has 1 aromatic carbocycles. The molecule has 0 radical (unpaired) electrons. The lowest BCUT2D eigenvalue weighted by atomic mass is 9.93. The number of benzene rings is 1. The van der Waals surface area contributed by atoms with Gasteiger partial charge in [-0.1, -0.05) is 13.0 Å². The fourth-order valence-electron chi connectivity index (χ4n) is 3.23. The van der Waals surface area contributed by atoms with Gasteiger partial charge in [-0.05, 0) is 30.9 Å². The van der Waals surface area contributed by atoms with Gasteiger partial charge < -0.3 is 10.1 Å². The van der Waals surface area contributed by atoms with Crippen molar-refractivity contribution in [1.29, 1.82) is 0 Å². The number of aromatic nitrogens is 1. The van der Waals surface area contributed by atoms with Gasteiger partial charge in [-0.15, -0.1) is 0 Å². The lowest BCUT2D eigenvalue weighted by Gasteiger charge is -2.36. The number of aromatic amines is 1. The van der Waals surface area contributed by atoms with Crippen molar-refractivity contribution in [3.05, 3.63) is 30.2 Å². The number of piperidine rings is 1. The second-order valence-electron chi connectivity index (χ2n) is 5.83. The molecule has 2 unspecified atom stereocenters. The minimum Gasteiger partial charge on any atom is -0.480 e. The Morgan fingerprint density at radius 3 is 2.87 bits per heavy atom. The summed E-state index contributed by atoms with van der Waals surface area (Å²) >= 11 is 0. The summed E-state index contributed by atoms with van der Waals surface area (Å²) in [7, 11) is -4.11. The largest absolute Gasteiger partial charge is 0.480 e. The summed E-state index contributed by atoms with van der Waals surface area (Å²) in [6.45, 7) is 1.83. The molecule has 8 heteroatoms. The molecule has 0 amide bonds. The highest BCUT2D eigenvalue weighted by Crippen LogP contribution is 2.33. The van der Waals surface area contributed by atoms with Gasteiger partial charge in [-0.2, -0.15) is 4.31 Å². The predicted octanol–water partition coefficient (Wildman–Crippen LogP) is 2.18. The minimum atomic E-state index is -4.11. The molecule has 2 heterocycles. The van der Waals surface area contributed by atoms with E-state index in [2.05, 4.69) is 4.98 Å². The number of aliphatic carboxylic acids is 1. The van der Waals surface area contributed by atoms with E-state index in [9.17, 15) is 22.7 Å². The summed E-state index contributed by atoms with van der Waals surface area (Å²) in [4.78, 5) is 14.1. The lowest BCUT2D eigenvalue weighted by Crippen LogP contribution is -2.51. The number of carboxylic acids is 1. The Balaban J connectivity index is 2.15. The Hall–Kier alpha value is -1.93. The quantitative estimate of drug-likeness (QED) is 0.896. The Kier molecular flexibility index (Phi) is 3.89. The molecule has 2 N–H and O–H groups in total. The van der Waals surface area contributed by atoms with E-state index in [1.165, 1.54) is 18.3 Å². The van der Waals surface area contributed by atoms with Crippen LogP contribution in [0.15, 0.2) is 29.3 Å². The summed E-state index contributed by atoms with van der Waals surface area (Å²) < 4.78 is 41.0. The van der Waals surface area contributed by atoms with E-state index in [1.807, 2.05) is 0 Å². The van der Waals surface area contributed by atoms with Gasteiger partial charge in [-0.25, -0.2) is 12.8 Å². The van der Waals surface area contributed by atoms with E-state index >= 15 is 0 Å². The molecule has 1 fully saturated rings. The Morgan fingerprint density at radius 2 is 2.17 bits per heavy atom. The normalized spacial score (nSPS) is 23.2. The number of sulfonamides is 1. The SMILES string of the molecule is CC1CCCN(S(=O)(=O)c2c[nH]c3cccc(F)c23)C1C(=O)O. The molecule has 2 aromatic rings. The van der Waals surface area contributed by atoms with Crippen LogP contribution in [0.2, 0.25) is 0 Å². The van der Waals surface area contributed by atoms with Gasteiger partial charge in [-0.3, -0.25) is 4.79 Å². The van der Waals surface area contributed by atoms with Crippen molar-refractivity contribution < 1.29 is 22.7 Å². The van der Waals surface area contributed by atoms with Crippen LogP contribution in [0.5, 0.6) is 0 Å². The highest BCUT2D eigenvalue weighted by molar-refractivity contribution is 7.89. The second-order valence-corrected chi connectivity index (χ2v) is 7.69. The molecule has 0 spiro atoms. The first-order valence-corrected chi connectivity index (χ1v) is 8.78. The van der Waals surface area contributed by atoms with Crippen LogP contribution in [0.25, 0.3) is 10.9 Å². The maximum absolute atomic E-state index is 14.1. The van der Waals surface area contributed by atoms with E-state index in [4.69, 9.17) is 0 Å². The zero-order chi connectivity index (χ0) is 16.8. The van der Waals surface area contributed by atoms with Crippen LogP contribution in [0.4, 0.5) is 4.39 Å². The summed E-state index contributed by atoms with van der Waals surface area (Å²) in [5.41, 5.74) is 0.362. The highest BCUT2D eigenvalue weighted by Gasteiger charge is 2.42. The van der Waals surface area contributed by atoms with Crippen LogP contribution in [-0.2, 0) is 14.8 Å². The molecule has 6 nitrogen and oxygen atoms in total. The molecule has 124 valence electrons. The molecule has 1 aliphatic heterocycles. The highest BCUT2D eigenvalue weighted by atomic mass is 32.2. The Morgan fingerprint density at radius 1 is 1.43 bits per heavy atom. The Bertz CT molecular complexity index is 861. The smallest absolute Gasteiger partial charge is 0.322 e. The van der Waals surface area contributed by atoms with Gasteiger partial charge in [0.15, 0.2) is 0 Å². The maximum atomic E-state index is 14.1. The zero-order valence-corrected chi connectivity index (χ0v) is 13.3. The summed E-state index contributed by atoms with van der Waals surface area (Å²) in [5, 5.41) is 9.39. The van der Waals surface area contributed by atoms with Crippen LogP contribution in [-0.4, -0.2) is 41.4 Å². The van der Waals surface area contributed by atoms with E-state index in [0.717, 1.165) is 4.31 Å². The number of H-pyrrole nitrogens is 1. The topological polar surface area (TPSA) is 90.5 Å². The Labute approximate surface area is 133 Å². The molecule has 0 bridgehead atoms. The monoisotopic (exact) mass is 340 g/mol. The molecule has 0 saturated carbocycles.